The number of anilines is 2. The van der Waals surface area contributed by atoms with E-state index in [1.54, 1.807) is 39.2 Å². The van der Waals surface area contributed by atoms with Crippen molar-refractivity contribution in [3.05, 3.63) is 76.4 Å². The molecular formula is C44H55F2N11O5. The van der Waals surface area contributed by atoms with Gasteiger partial charge in [0.2, 0.25) is 11.8 Å². The van der Waals surface area contributed by atoms with Crippen molar-refractivity contribution in [1.82, 2.24) is 44.0 Å². The van der Waals surface area contributed by atoms with Crippen molar-refractivity contribution in [3.8, 4) is 11.5 Å². The third-order valence-corrected chi connectivity index (χ3v) is 13.4. The summed E-state index contributed by atoms with van der Waals surface area (Å²) in [4.78, 5) is 52.1. The molecule has 2 atom stereocenters. The Balaban J connectivity index is 0.759. The molecule has 2 unspecified atom stereocenters. The van der Waals surface area contributed by atoms with Crippen LogP contribution in [0.25, 0.3) is 22.5 Å². The SMILES string of the molecule is CN(C[C@H]1CC[C@H](n2cc(NC(=O)c3coc(-c4ccnc(NCC5CC5)c4)n3)c(C(F)F)n2)CC1)C1CCN(Cc2cccc3c2n(C)c(=O)n3C2CCC(=O)NC2O)CC1. The number of rotatable bonds is 14. The molecule has 2 amide bonds. The third-order valence-electron chi connectivity index (χ3n) is 13.4. The number of fused-ring (bicyclic) bond motifs is 1. The Morgan fingerprint density at radius 1 is 1.05 bits per heavy atom. The molecule has 0 bridgehead atoms. The summed E-state index contributed by atoms with van der Waals surface area (Å²) in [5.41, 5.74) is 2.58. The number of amides is 2. The van der Waals surface area contributed by atoms with Gasteiger partial charge in [-0.2, -0.15) is 5.10 Å². The molecule has 2 aliphatic carbocycles. The predicted octanol–water partition coefficient (Wildman–Crippen LogP) is 5.70. The molecule has 18 heteroatoms. The monoisotopic (exact) mass is 855 g/mol. The fourth-order valence-electron chi connectivity index (χ4n) is 9.69. The van der Waals surface area contributed by atoms with Crippen LogP contribution in [0.15, 0.2) is 58.2 Å². The van der Waals surface area contributed by atoms with Crippen LogP contribution in [-0.2, 0) is 18.4 Å². The zero-order valence-electron chi connectivity index (χ0n) is 35.2. The average Bonchev–Trinajstić information content (AvgIpc) is 3.67. The van der Waals surface area contributed by atoms with Crippen molar-refractivity contribution in [2.75, 3.05) is 43.9 Å². The van der Waals surface area contributed by atoms with Gasteiger partial charge in [-0.3, -0.25) is 28.3 Å². The zero-order valence-corrected chi connectivity index (χ0v) is 35.2. The minimum absolute atomic E-state index is 0.0277. The van der Waals surface area contributed by atoms with Crippen LogP contribution in [0.2, 0.25) is 0 Å². The number of carbonyl (C=O) groups is 2. The maximum Gasteiger partial charge on any atom is 0.329 e. The maximum atomic E-state index is 14.2. The molecular weight excluding hydrogens is 801 g/mol. The van der Waals surface area contributed by atoms with Gasteiger partial charge in [0, 0.05) is 57.1 Å². The number of para-hydroxylation sites is 1. The summed E-state index contributed by atoms with van der Waals surface area (Å²) in [6, 6.07) is 9.34. The van der Waals surface area contributed by atoms with Crippen molar-refractivity contribution in [3.63, 3.8) is 0 Å². The highest BCUT2D eigenvalue weighted by Gasteiger charge is 2.33. The van der Waals surface area contributed by atoms with Crippen LogP contribution in [0.3, 0.4) is 0 Å². The number of imidazole rings is 1. The van der Waals surface area contributed by atoms with Gasteiger partial charge in [0.25, 0.3) is 12.3 Å². The lowest BCUT2D eigenvalue weighted by Crippen LogP contribution is -2.47. The van der Waals surface area contributed by atoms with Crippen molar-refractivity contribution in [2.45, 2.75) is 102 Å². The Morgan fingerprint density at radius 3 is 2.56 bits per heavy atom. The predicted molar refractivity (Wildman–Crippen MR) is 228 cm³/mol. The standard InChI is InChI=1S/C44H55F2N11O5/c1-53(30-15-18-55(19-16-30)23-29-4-3-5-34-39(29)54(2)44(61)57(34)35-12-13-37(58)51-42(35)60)22-27-8-10-31(11-9-27)56-24-32(38(52-56)40(45)46)49-41(59)33-25-62-43(50-33)28-14-17-47-36(20-28)48-21-26-6-7-26/h3-5,14,17,20,24-27,30-31,35,40,42,60H,6-13,15-16,18-19,21-23H2,1-2H3,(H,47,48)(H,49,59)(H,51,58)/t27-,31-,35?,42?. The number of pyridine rings is 1. The number of aryl methyl sites for hydroxylation is 1. The van der Waals surface area contributed by atoms with E-state index in [1.165, 1.54) is 25.3 Å². The van der Waals surface area contributed by atoms with E-state index in [0.29, 0.717) is 42.2 Å². The van der Waals surface area contributed by atoms with Crippen LogP contribution in [-0.4, -0.2) is 101 Å². The zero-order chi connectivity index (χ0) is 43.1. The Hall–Kier alpha value is -5.46. The summed E-state index contributed by atoms with van der Waals surface area (Å²) in [6.45, 7) is 4.36. The molecule has 2 saturated carbocycles. The minimum Gasteiger partial charge on any atom is -0.444 e. The molecule has 4 aromatic heterocycles. The number of likely N-dealkylation sites (tertiary alicyclic amines) is 1. The number of oxazole rings is 1. The minimum atomic E-state index is -2.87. The maximum absolute atomic E-state index is 14.2. The molecule has 16 nitrogen and oxygen atoms in total. The van der Waals surface area contributed by atoms with Crippen LogP contribution in [0, 0.1) is 11.8 Å². The topological polar surface area (TPSA) is 181 Å². The van der Waals surface area contributed by atoms with E-state index in [0.717, 1.165) is 81.3 Å². The molecule has 62 heavy (non-hydrogen) atoms. The molecule has 5 aromatic rings. The summed E-state index contributed by atoms with van der Waals surface area (Å²) >= 11 is 0. The van der Waals surface area contributed by atoms with Crippen LogP contribution in [0.4, 0.5) is 20.3 Å². The van der Waals surface area contributed by atoms with E-state index < -0.39 is 30.3 Å². The van der Waals surface area contributed by atoms with Crippen molar-refractivity contribution >= 4 is 34.4 Å². The second-order valence-electron chi connectivity index (χ2n) is 17.7. The molecule has 9 rings (SSSR count). The molecule has 1 aromatic carbocycles. The van der Waals surface area contributed by atoms with Gasteiger partial charge >= 0.3 is 5.69 Å². The van der Waals surface area contributed by atoms with Gasteiger partial charge in [0.1, 0.15) is 18.3 Å². The second kappa shape index (κ2) is 17.7. The van der Waals surface area contributed by atoms with Gasteiger partial charge in [-0.15, -0.1) is 0 Å². The largest absolute Gasteiger partial charge is 0.444 e. The number of carbonyl (C=O) groups excluding carboxylic acids is 2. The number of aliphatic hydroxyl groups excluding tert-OH is 1. The Morgan fingerprint density at radius 2 is 1.82 bits per heavy atom. The van der Waals surface area contributed by atoms with E-state index in [1.807, 2.05) is 12.1 Å². The highest BCUT2D eigenvalue weighted by molar-refractivity contribution is 6.03. The smallest absolute Gasteiger partial charge is 0.329 e. The Kier molecular flexibility index (Phi) is 12.0. The number of halogens is 2. The quantitative estimate of drug-likeness (QED) is 0.108. The fourth-order valence-corrected chi connectivity index (χ4v) is 9.69. The first-order valence-corrected chi connectivity index (χ1v) is 21.9. The lowest BCUT2D eigenvalue weighted by Gasteiger charge is -2.39. The van der Waals surface area contributed by atoms with Gasteiger partial charge in [-0.25, -0.2) is 23.5 Å². The van der Waals surface area contributed by atoms with E-state index in [9.17, 15) is 28.3 Å². The van der Waals surface area contributed by atoms with Crippen molar-refractivity contribution in [1.29, 1.82) is 0 Å². The molecule has 6 heterocycles. The van der Waals surface area contributed by atoms with Gasteiger partial charge in [0.05, 0.1) is 28.8 Å². The molecule has 0 spiro atoms. The van der Waals surface area contributed by atoms with Gasteiger partial charge in [0.15, 0.2) is 11.4 Å². The van der Waals surface area contributed by atoms with Crippen molar-refractivity contribution < 1.29 is 27.9 Å². The van der Waals surface area contributed by atoms with Crippen molar-refractivity contribution in [2.24, 2.45) is 18.9 Å². The first-order valence-electron chi connectivity index (χ1n) is 21.9. The number of nitrogens with one attached hydrogen (secondary N) is 3. The number of nitrogens with zero attached hydrogens (tertiary/aromatic N) is 8. The highest BCUT2D eigenvalue weighted by atomic mass is 19.3. The van der Waals surface area contributed by atoms with E-state index in [-0.39, 0.29) is 41.3 Å². The second-order valence-corrected chi connectivity index (χ2v) is 17.7. The number of piperidine rings is 2. The van der Waals surface area contributed by atoms with E-state index in [4.69, 9.17) is 4.42 Å². The lowest BCUT2D eigenvalue weighted by molar-refractivity contribution is -0.128. The molecule has 2 saturated heterocycles. The van der Waals surface area contributed by atoms with E-state index in [2.05, 4.69) is 53.9 Å². The number of benzene rings is 1. The molecule has 2 aliphatic heterocycles. The number of hydrogen-bond acceptors (Lipinski definition) is 11. The van der Waals surface area contributed by atoms with Crippen LogP contribution in [0.1, 0.15) is 104 Å². The molecule has 0 radical (unpaired) electrons. The normalized spacial score (nSPS) is 22.7. The summed E-state index contributed by atoms with van der Waals surface area (Å²) in [5, 5.41) is 23.4. The first-order chi connectivity index (χ1) is 30.0. The van der Waals surface area contributed by atoms with Crippen LogP contribution in [0.5, 0.6) is 0 Å². The lowest BCUT2D eigenvalue weighted by atomic mass is 9.85. The molecule has 4 aliphatic rings. The van der Waals surface area contributed by atoms with Gasteiger partial charge < -0.3 is 30.4 Å². The van der Waals surface area contributed by atoms with Crippen LogP contribution >= 0.6 is 0 Å². The van der Waals surface area contributed by atoms with E-state index >= 15 is 0 Å². The Bertz CT molecular complexity index is 2460. The molecule has 330 valence electrons. The molecule has 4 N–H and O–H groups in total. The third kappa shape index (κ3) is 8.90. The first kappa shape index (κ1) is 41.9. The number of aliphatic hydroxyl groups is 1. The number of aromatic nitrogens is 6. The summed E-state index contributed by atoms with van der Waals surface area (Å²) in [6.07, 6.45) is 9.01. The van der Waals surface area contributed by atoms with Gasteiger partial charge in [-0.05, 0) is 114 Å². The average molecular weight is 856 g/mol. The summed E-state index contributed by atoms with van der Waals surface area (Å²) in [5.74, 6) is 1.19. The summed E-state index contributed by atoms with van der Waals surface area (Å²) in [7, 11) is 3.97. The highest BCUT2D eigenvalue weighted by Crippen LogP contribution is 2.36. The van der Waals surface area contributed by atoms with Gasteiger partial charge in [-0.1, -0.05) is 12.1 Å². The molecule has 4 fully saturated rings. The number of alkyl halides is 2. The van der Waals surface area contributed by atoms with Crippen LogP contribution < -0.4 is 21.6 Å². The summed E-state index contributed by atoms with van der Waals surface area (Å²) < 4.78 is 38.9. The Labute approximate surface area is 357 Å². The number of hydrogen-bond donors (Lipinski definition) is 4. The fraction of sp³-hybridized carbons (Fsp3) is 0.545.